The molecule has 1 N–H and O–H groups in total. The third-order valence-corrected chi connectivity index (χ3v) is 4.61. The molecule has 2 aromatic rings. The highest BCUT2D eigenvalue weighted by Crippen LogP contribution is 2.41. The fraction of sp³-hybridized carbons (Fsp3) is 0.250. The van der Waals surface area contributed by atoms with Crippen LogP contribution in [0.1, 0.15) is 28.4 Å². The maximum atomic E-state index is 14.1. The Labute approximate surface area is 136 Å². The Morgan fingerprint density at radius 2 is 1.95 bits per heavy atom. The first-order valence-electron chi connectivity index (χ1n) is 6.34. The molecule has 0 fully saturated rings. The number of aliphatic hydroxyl groups is 1. The molecule has 21 heavy (non-hydrogen) atoms. The molecular formula is C16H15BrClFO2. The number of hydrogen-bond acceptors (Lipinski definition) is 2. The van der Waals surface area contributed by atoms with Gasteiger partial charge in [0.2, 0.25) is 0 Å². The van der Waals surface area contributed by atoms with Gasteiger partial charge in [0.25, 0.3) is 0 Å². The molecule has 0 saturated heterocycles. The lowest BCUT2D eigenvalue weighted by atomic mass is 9.94. The molecule has 0 heterocycles. The molecule has 0 amide bonds. The van der Waals surface area contributed by atoms with Crippen LogP contribution in [0.2, 0.25) is 5.02 Å². The van der Waals surface area contributed by atoms with Gasteiger partial charge in [-0.1, -0.05) is 33.6 Å². The second kappa shape index (κ2) is 6.34. The largest absolute Gasteiger partial charge is 0.496 e. The van der Waals surface area contributed by atoms with Gasteiger partial charge in [0.1, 0.15) is 17.7 Å². The molecule has 0 radical (unpaired) electrons. The minimum Gasteiger partial charge on any atom is -0.496 e. The van der Waals surface area contributed by atoms with Gasteiger partial charge in [-0.25, -0.2) is 4.39 Å². The molecule has 0 aromatic heterocycles. The average Bonchev–Trinajstić information content (AvgIpc) is 2.42. The van der Waals surface area contributed by atoms with Crippen LogP contribution in [0.4, 0.5) is 4.39 Å². The van der Waals surface area contributed by atoms with Crippen molar-refractivity contribution in [1.82, 2.24) is 0 Å². The summed E-state index contributed by atoms with van der Waals surface area (Å²) in [6, 6.07) is 6.23. The van der Waals surface area contributed by atoms with E-state index in [1.165, 1.54) is 19.2 Å². The van der Waals surface area contributed by atoms with Crippen LogP contribution in [0.15, 0.2) is 28.7 Å². The van der Waals surface area contributed by atoms with E-state index in [4.69, 9.17) is 16.3 Å². The first-order valence-corrected chi connectivity index (χ1v) is 7.51. The van der Waals surface area contributed by atoms with E-state index in [1.807, 2.05) is 19.9 Å². The van der Waals surface area contributed by atoms with E-state index >= 15 is 0 Å². The van der Waals surface area contributed by atoms with Gasteiger partial charge in [-0.2, -0.15) is 0 Å². The van der Waals surface area contributed by atoms with Crippen molar-refractivity contribution in [1.29, 1.82) is 0 Å². The highest BCUT2D eigenvalue weighted by atomic mass is 79.9. The smallest absolute Gasteiger partial charge is 0.130 e. The molecule has 1 unspecified atom stereocenters. The summed E-state index contributed by atoms with van der Waals surface area (Å²) in [4.78, 5) is 0. The van der Waals surface area contributed by atoms with Gasteiger partial charge in [-0.15, -0.1) is 0 Å². The summed E-state index contributed by atoms with van der Waals surface area (Å²) >= 11 is 9.49. The van der Waals surface area contributed by atoms with E-state index < -0.39 is 11.9 Å². The van der Waals surface area contributed by atoms with E-state index in [0.717, 1.165) is 15.6 Å². The number of halogens is 3. The number of aliphatic hydroxyl groups excluding tert-OH is 1. The number of benzene rings is 2. The van der Waals surface area contributed by atoms with Crippen LogP contribution in [-0.2, 0) is 0 Å². The molecule has 2 nitrogen and oxygen atoms in total. The van der Waals surface area contributed by atoms with Gasteiger partial charge >= 0.3 is 0 Å². The number of hydrogen-bond donors (Lipinski definition) is 1. The average molecular weight is 374 g/mol. The lowest BCUT2D eigenvalue weighted by Crippen LogP contribution is -2.09. The van der Waals surface area contributed by atoms with Crippen LogP contribution in [-0.4, -0.2) is 12.2 Å². The summed E-state index contributed by atoms with van der Waals surface area (Å²) in [6.45, 7) is 3.70. The van der Waals surface area contributed by atoms with Crippen molar-refractivity contribution >= 4 is 27.5 Å². The van der Waals surface area contributed by atoms with E-state index in [0.29, 0.717) is 11.3 Å². The Balaban J connectivity index is 2.71. The molecule has 0 aliphatic heterocycles. The molecule has 2 aromatic carbocycles. The molecular weight excluding hydrogens is 359 g/mol. The minimum atomic E-state index is -1.20. The Hall–Kier alpha value is -1.10. The van der Waals surface area contributed by atoms with E-state index in [-0.39, 0.29) is 10.6 Å². The first kappa shape index (κ1) is 16.3. The molecule has 0 bridgehead atoms. The summed E-state index contributed by atoms with van der Waals surface area (Å²) in [7, 11) is 1.52. The molecule has 0 aliphatic rings. The fourth-order valence-electron chi connectivity index (χ4n) is 2.39. The molecule has 5 heteroatoms. The summed E-state index contributed by atoms with van der Waals surface area (Å²) in [5.41, 5.74) is 2.19. The molecule has 0 saturated carbocycles. The molecule has 0 aliphatic carbocycles. The van der Waals surface area contributed by atoms with E-state index in [1.54, 1.807) is 6.07 Å². The Morgan fingerprint density at radius 3 is 2.52 bits per heavy atom. The predicted octanol–water partition coefficient (Wildman–Crippen LogP) is 4.95. The normalized spacial score (nSPS) is 12.3. The molecule has 112 valence electrons. The van der Waals surface area contributed by atoms with Crippen LogP contribution in [0.5, 0.6) is 5.75 Å². The zero-order valence-electron chi connectivity index (χ0n) is 11.9. The molecule has 2 rings (SSSR count). The van der Waals surface area contributed by atoms with Crippen molar-refractivity contribution < 1.29 is 14.2 Å². The third-order valence-electron chi connectivity index (χ3n) is 3.46. The van der Waals surface area contributed by atoms with Crippen LogP contribution in [0, 0.1) is 19.7 Å². The fourth-order valence-corrected chi connectivity index (χ4v) is 3.22. The summed E-state index contributed by atoms with van der Waals surface area (Å²) in [5.74, 6) is -0.0170. The SMILES string of the molecule is COc1c(C)cc(Br)c(C)c1C(O)c1c(F)cccc1Cl. The second-order valence-corrected chi connectivity index (χ2v) is 6.05. The summed E-state index contributed by atoms with van der Waals surface area (Å²) in [6.07, 6.45) is -1.20. The van der Waals surface area contributed by atoms with Crippen molar-refractivity contribution in [2.75, 3.05) is 7.11 Å². The van der Waals surface area contributed by atoms with Crippen molar-refractivity contribution in [2.24, 2.45) is 0 Å². The zero-order valence-corrected chi connectivity index (χ0v) is 14.2. The first-order chi connectivity index (χ1) is 9.88. The summed E-state index contributed by atoms with van der Waals surface area (Å²) in [5, 5.41) is 10.9. The Bertz CT molecular complexity index is 668. The Morgan fingerprint density at radius 1 is 1.29 bits per heavy atom. The van der Waals surface area contributed by atoms with Gasteiger partial charge in [0.15, 0.2) is 0 Å². The predicted molar refractivity (Wildman–Crippen MR) is 85.6 cm³/mol. The number of aryl methyl sites for hydroxylation is 1. The van der Waals surface area contributed by atoms with E-state index in [9.17, 15) is 9.50 Å². The van der Waals surface area contributed by atoms with Crippen LogP contribution in [0.25, 0.3) is 0 Å². The third kappa shape index (κ3) is 2.93. The quantitative estimate of drug-likeness (QED) is 0.825. The van der Waals surface area contributed by atoms with Crippen LogP contribution < -0.4 is 4.74 Å². The van der Waals surface area contributed by atoms with E-state index in [2.05, 4.69) is 15.9 Å². The maximum absolute atomic E-state index is 14.1. The van der Waals surface area contributed by atoms with Gasteiger partial charge in [0, 0.05) is 20.6 Å². The number of methoxy groups -OCH3 is 1. The zero-order chi connectivity index (χ0) is 15.7. The van der Waals surface area contributed by atoms with Gasteiger partial charge in [0.05, 0.1) is 7.11 Å². The standard InChI is InChI=1S/C16H15BrClFO2/c1-8-7-10(17)9(2)13(16(8)21-3)15(20)14-11(18)5-4-6-12(14)19/h4-7,15,20H,1-3H3. The van der Waals surface area contributed by atoms with Gasteiger partial charge in [-0.3, -0.25) is 0 Å². The van der Waals surface area contributed by atoms with Gasteiger partial charge < -0.3 is 9.84 Å². The topological polar surface area (TPSA) is 29.5 Å². The van der Waals surface area contributed by atoms with Crippen molar-refractivity contribution in [3.8, 4) is 5.75 Å². The Kier molecular flexibility index (Phi) is 4.91. The monoisotopic (exact) mass is 372 g/mol. The number of rotatable bonds is 3. The van der Waals surface area contributed by atoms with Crippen LogP contribution >= 0.6 is 27.5 Å². The second-order valence-electron chi connectivity index (χ2n) is 4.79. The highest BCUT2D eigenvalue weighted by Gasteiger charge is 2.25. The highest BCUT2D eigenvalue weighted by molar-refractivity contribution is 9.10. The lowest BCUT2D eigenvalue weighted by Gasteiger charge is -2.21. The minimum absolute atomic E-state index is 0.0538. The lowest BCUT2D eigenvalue weighted by molar-refractivity contribution is 0.208. The van der Waals surface area contributed by atoms with Crippen molar-refractivity contribution in [3.63, 3.8) is 0 Å². The summed E-state index contributed by atoms with van der Waals surface area (Å²) < 4.78 is 20.3. The van der Waals surface area contributed by atoms with Crippen LogP contribution in [0.3, 0.4) is 0 Å². The van der Waals surface area contributed by atoms with Crippen molar-refractivity contribution in [3.05, 3.63) is 61.8 Å². The maximum Gasteiger partial charge on any atom is 0.130 e. The molecule has 1 atom stereocenters. The number of ether oxygens (including phenoxy) is 1. The van der Waals surface area contributed by atoms with Crippen molar-refractivity contribution in [2.45, 2.75) is 20.0 Å². The van der Waals surface area contributed by atoms with Gasteiger partial charge in [-0.05, 0) is 43.2 Å². The molecule has 0 spiro atoms.